The summed E-state index contributed by atoms with van der Waals surface area (Å²) in [4.78, 5) is 7.71. The second-order valence-electron chi connectivity index (χ2n) is 3.85. The molecule has 1 N–H and O–H groups in total. The molecule has 2 aromatic rings. The number of rotatable bonds is 5. The molecule has 104 valence electrons. The number of hydrogen-bond acceptors (Lipinski definition) is 5. The third kappa shape index (κ3) is 2.96. The quantitative estimate of drug-likeness (QED) is 0.893. The highest BCUT2D eigenvalue weighted by atomic mass is 35.5. The number of nitrogens with zero attached hydrogens (tertiary/aromatic N) is 3. The van der Waals surface area contributed by atoms with Crippen molar-refractivity contribution in [3.05, 3.63) is 29.3 Å². The molecule has 0 radical (unpaired) electrons. The van der Waals surface area contributed by atoms with Crippen LogP contribution in [0.3, 0.4) is 0 Å². The molecule has 2 aromatic heterocycles. The van der Waals surface area contributed by atoms with Crippen molar-refractivity contribution in [2.75, 3.05) is 0 Å². The summed E-state index contributed by atoms with van der Waals surface area (Å²) in [6, 6.07) is 0. The van der Waals surface area contributed by atoms with Gasteiger partial charge < -0.3 is 8.98 Å². The van der Waals surface area contributed by atoms with Crippen LogP contribution in [-0.4, -0.2) is 23.0 Å². The van der Waals surface area contributed by atoms with Crippen LogP contribution >= 0.6 is 11.6 Å². The molecule has 0 spiro atoms. The number of hydrogen-bond donors (Lipinski definition) is 1. The molecule has 19 heavy (non-hydrogen) atoms. The molecule has 2 rings (SSSR count). The molecule has 0 bridgehead atoms. The Bertz CT molecular complexity index is 677. The van der Waals surface area contributed by atoms with E-state index in [2.05, 4.69) is 14.7 Å². The average molecular weight is 305 g/mol. The molecule has 0 saturated heterocycles. The van der Waals surface area contributed by atoms with Gasteiger partial charge in [-0.15, -0.1) is 0 Å². The topological polar surface area (TPSA) is 90.0 Å². The lowest BCUT2D eigenvalue weighted by atomic mass is 10.4. The molecule has 9 heteroatoms. The van der Waals surface area contributed by atoms with Crippen LogP contribution < -0.4 is 4.72 Å². The standard InChI is InChI=1S/C10H13ClN4O3S/c1-3-7-4-12-8(18-7)5-14-19(16,17)10-9(11)15(2)6-13-10/h4,6,14H,3,5H2,1-2H3. The molecule has 0 amide bonds. The summed E-state index contributed by atoms with van der Waals surface area (Å²) in [7, 11) is -2.17. The molecule has 0 fully saturated rings. The van der Waals surface area contributed by atoms with Crippen LogP contribution in [0.15, 0.2) is 22.0 Å². The first-order chi connectivity index (χ1) is 8.94. The van der Waals surface area contributed by atoms with Gasteiger partial charge in [-0.05, 0) is 0 Å². The summed E-state index contributed by atoms with van der Waals surface area (Å²) in [6.07, 6.45) is 3.60. The summed E-state index contributed by atoms with van der Waals surface area (Å²) in [5.41, 5.74) is 0. The van der Waals surface area contributed by atoms with E-state index in [1.165, 1.54) is 10.9 Å². The Morgan fingerprint density at radius 2 is 2.21 bits per heavy atom. The van der Waals surface area contributed by atoms with E-state index in [-0.39, 0.29) is 16.7 Å². The van der Waals surface area contributed by atoms with Crippen molar-refractivity contribution in [1.29, 1.82) is 0 Å². The zero-order chi connectivity index (χ0) is 14.0. The largest absolute Gasteiger partial charge is 0.444 e. The predicted molar refractivity (Wildman–Crippen MR) is 68.1 cm³/mol. The fraction of sp³-hybridized carbons (Fsp3) is 0.400. The van der Waals surface area contributed by atoms with Crippen LogP contribution in [0.25, 0.3) is 0 Å². The summed E-state index contributed by atoms with van der Waals surface area (Å²) >= 11 is 5.84. The summed E-state index contributed by atoms with van der Waals surface area (Å²) in [5.74, 6) is 0.998. The van der Waals surface area contributed by atoms with Gasteiger partial charge in [0.1, 0.15) is 10.9 Å². The van der Waals surface area contributed by atoms with Gasteiger partial charge in [0, 0.05) is 13.5 Å². The molecule has 0 unspecified atom stereocenters. The molecule has 0 aliphatic rings. The van der Waals surface area contributed by atoms with E-state index in [0.717, 1.165) is 0 Å². The first kappa shape index (κ1) is 14.0. The first-order valence-electron chi connectivity index (χ1n) is 5.54. The van der Waals surface area contributed by atoms with Crippen molar-refractivity contribution < 1.29 is 12.8 Å². The van der Waals surface area contributed by atoms with Gasteiger partial charge in [-0.3, -0.25) is 0 Å². The molecular weight excluding hydrogens is 292 g/mol. The van der Waals surface area contributed by atoms with E-state index in [9.17, 15) is 8.42 Å². The Morgan fingerprint density at radius 3 is 2.74 bits per heavy atom. The van der Waals surface area contributed by atoms with E-state index in [1.807, 2.05) is 6.92 Å². The Hall–Kier alpha value is -1.38. The van der Waals surface area contributed by atoms with Crippen molar-refractivity contribution in [3.8, 4) is 0 Å². The normalized spacial score (nSPS) is 11.9. The minimum absolute atomic E-state index is 0.0464. The second-order valence-corrected chi connectivity index (χ2v) is 5.89. The molecule has 0 aromatic carbocycles. The van der Waals surface area contributed by atoms with Gasteiger partial charge in [0.05, 0.1) is 19.1 Å². The van der Waals surface area contributed by atoms with Crippen LogP contribution in [0.4, 0.5) is 0 Å². The maximum Gasteiger partial charge on any atom is 0.261 e. The zero-order valence-electron chi connectivity index (χ0n) is 10.4. The van der Waals surface area contributed by atoms with Gasteiger partial charge in [0.2, 0.25) is 10.9 Å². The molecule has 0 aliphatic carbocycles. The van der Waals surface area contributed by atoms with Crippen molar-refractivity contribution in [1.82, 2.24) is 19.3 Å². The van der Waals surface area contributed by atoms with E-state index < -0.39 is 10.0 Å². The second kappa shape index (κ2) is 5.32. The minimum Gasteiger partial charge on any atom is -0.444 e. The van der Waals surface area contributed by atoms with Gasteiger partial charge >= 0.3 is 0 Å². The van der Waals surface area contributed by atoms with Crippen molar-refractivity contribution in [2.24, 2.45) is 7.05 Å². The number of oxazole rings is 1. The molecule has 7 nitrogen and oxygen atoms in total. The maximum atomic E-state index is 12.0. The van der Waals surface area contributed by atoms with E-state index in [1.54, 1.807) is 13.2 Å². The number of nitrogens with one attached hydrogen (secondary N) is 1. The fourth-order valence-corrected chi connectivity index (χ4v) is 2.79. The van der Waals surface area contributed by atoms with Crippen LogP contribution in [-0.2, 0) is 30.0 Å². The fourth-order valence-electron chi connectivity index (χ4n) is 1.39. The van der Waals surface area contributed by atoms with Gasteiger partial charge in [-0.2, -0.15) is 0 Å². The molecule has 2 heterocycles. The van der Waals surface area contributed by atoms with Gasteiger partial charge in [-0.25, -0.2) is 23.1 Å². The summed E-state index contributed by atoms with van der Waals surface area (Å²) in [5, 5.41) is -0.159. The average Bonchev–Trinajstić information content (AvgIpc) is 2.95. The van der Waals surface area contributed by atoms with E-state index in [4.69, 9.17) is 16.0 Å². The highest BCUT2D eigenvalue weighted by Crippen LogP contribution is 2.18. The summed E-state index contributed by atoms with van der Waals surface area (Å²) in [6.45, 7) is 1.87. The van der Waals surface area contributed by atoms with Crippen molar-refractivity contribution >= 4 is 21.6 Å². The van der Waals surface area contributed by atoms with Crippen LogP contribution in [0.5, 0.6) is 0 Å². The lowest BCUT2D eigenvalue weighted by molar-refractivity contribution is 0.452. The molecule has 0 atom stereocenters. The third-order valence-electron chi connectivity index (χ3n) is 2.45. The lowest BCUT2D eigenvalue weighted by Crippen LogP contribution is -2.24. The van der Waals surface area contributed by atoms with Crippen molar-refractivity contribution in [3.63, 3.8) is 0 Å². The van der Waals surface area contributed by atoms with E-state index in [0.29, 0.717) is 18.1 Å². The molecule has 0 saturated carbocycles. The Balaban J connectivity index is 2.12. The Kier molecular flexibility index (Phi) is 3.93. The van der Waals surface area contributed by atoms with Gasteiger partial charge in [0.15, 0.2) is 0 Å². The number of sulfonamides is 1. The predicted octanol–water partition coefficient (Wildman–Crippen LogP) is 1.10. The number of aryl methyl sites for hydroxylation is 2. The smallest absolute Gasteiger partial charge is 0.261 e. The number of imidazole rings is 1. The van der Waals surface area contributed by atoms with E-state index >= 15 is 0 Å². The maximum absolute atomic E-state index is 12.0. The zero-order valence-corrected chi connectivity index (χ0v) is 12.0. The molecular formula is C10H13ClN4O3S. The van der Waals surface area contributed by atoms with Crippen molar-refractivity contribution in [2.45, 2.75) is 24.9 Å². The minimum atomic E-state index is -3.78. The Morgan fingerprint density at radius 1 is 1.47 bits per heavy atom. The highest BCUT2D eigenvalue weighted by molar-refractivity contribution is 7.89. The molecule has 0 aliphatic heterocycles. The summed E-state index contributed by atoms with van der Waals surface area (Å²) < 4.78 is 33.0. The lowest BCUT2D eigenvalue weighted by Gasteiger charge is -2.02. The van der Waals surface area contributed by atoms with Crippen LogP contribution in [0.2, 0.25) is 5.15 Å². The highest BCUT2D eigenvalue weighted by Gasteiger charge is 2.22. The number of halogens is 1. The SMILES string of the molecule is CCc1cnc(CNS(=O)(=O)c2ncn(C)c2Cl)o1. The van der Waals surface area contributed by atoms with Crippen LogP contribution in [0.1, 0.15) is 18.6 Å². The number of aromatic nitrogens is 3. The monoisotopic (exact) mass is 304 g/mol. The third-order valence-corrected chi connectivity index (χ3v) is 4.34. The van der Waals surface area contributed by atoms with Crippen LogP contribution in [0, 0.1) is 0 Å². The van der Waals surface area contributed by atoms with Gasteiger partial charge in [-0.1, -0.05) is 18.5 Å². The van der Waals surface area contributed by atoms with Gasteiger partial charge in [0.25, 0.3) is 10.0 Å². The first-order valence-corrected chi connectivity index (χ1v) is 7.40. The Labute approximate surface area is 115 Å².